The number of sulfonamides is 1. The van der Waals surface area contributed by atoms with Crippen LogP contribution < -0.4 is 9.64 Å². The molecule has 0 aliphatic heterocycles. The van der Waals surface area contributed by atoms with Gasteiger partial charge in [0.05, 0.1) is 23.6 Å². The topological polar surface area (TPSA) is 66.9 Å². The number of hydrogen-bond donors (Lipinski definition) is 0. The van der Waals surface area contributed by atoms with Gasteiger partial charge in [0, 0.05) is 19.3 Å². The maximum absolute atomic E-state index is 13.0. The van der Waals surface area contributed by atoms with E-state index in [0.29, 0.717) is 11.4 Å². The molecule has 2 aromatic rings. The summed E-state index contributed by atoms with van der Waals surface area (Å²) < 4.78 is 44.8. The smallest absolute Gasteiger partial charge is 0.243 e. The van der Waals surface area contributed by atoms with Gasteiger partial charge in [-0.25, -0.2) is 12.8 Å². The third kappa shape index (κ3) is 4.77. The second-order valence-corrected chi connectivity index (χ2v) is 8.00. The molecule has 0 radical (unpaired) electrons. The number of benzene rings is 2. The van der Waals surface area contributed by atoms with Gasteiger partial charge in [0.15, 0.2) is 0 Å². The minimum Gasteiger partial charge on any atom is -0.495 e. The minimum absolute atomic E-state index is 0.0348. The fourth-order valence-corrected chi connectivity index (χ4v) is 4.14. The molecule has 0 aromatic heterocycles. The molecular formula is C18H20ClFN2O4S. The number of ether oxygens (including phenoxy) is 1. The lowest BCUT2D eigenvalue weighted by molar-refractivity contribution is -0.118. The highest BCUT2D eigenvalue weighted by molar-refractivity contribution is 7.89. The Morgan fingerprint density at radius 1 is 1.19 bits per heavy atom. The Hall–Kier alpha value is -2.16. The summed E-state index contributed by atoms with van der Waals surface area (Å²) in [5, 5.41) is 0.157. The summed E-state index contributed by atoms with van der Waals surface area (Å²) in [4.78, 5) is 13.8. The quantitative estimate of drug-likeness (QED) is 0.698. The number of hydrogen-bond acceptors (Lipinski definition) is 4. The molecule has 0 atom stereocenters. The van der Waals surface area contributed by atoms with Gasteiger partial charge in [0.1, 0.15) is 11.6 Å². The number of anilines is 1. The number of carbonyl (C=O) groups is 1. The molecule has 2 aromatic carbocycles. The number of carbonyl (C=O) groups excluding carboxylic acids is 1. The lowest BCUT2D eigenvalue weighted by Crippen LogP contribution is -2.41. The SMILES string of the molecule is CCN(CC(=O)N(C)c1ccc(F)cc1)S(=O)(=O)c1ccc(OC)c(Cl)c1. The minimum atomic E-state index is -3.93. The molecule has 6 nitrogen and oxygen atoms in total. The second-order valence-electron chi connectivity index (χ2n) is 5.66. The Labute approximate surface area is 163 Å². The van der Waals surface area contributed by atoms with Gasteiger partial charge in [0.25, 0.3) is 0 Å². The third-order valence-corrected chi connectivity index (χ3v) is 6.23. The van der Waals surface area contributed by atoms with E-state index in [1.54, 1.807) is 6.92 Å². The maximum atomic E-state index is 13.0. The Morgan fingerprint density at radius 3 is 2.33 bits per heavy atom. The zero-order chi connectivity index (χ0) is 20.2. The molecule has 0 heterocycles. The summed E-state index contributed by atoms with van der Waals surface area (Å²) in [7, 11) is -1.00. The lowest BCUT2D eigenvalue weighted by Gasteiger charge is -2.24. The molecule has 0 aliphatic carbocycles. The van der Waals surface area contributed by atoms with E-state index in [1.807, 2.05) is 0 Å². The normalized spacial score (nSPS) is 11.5. The lowest BCUT2D eigenvalue weighted by atomic mass is 10.3. The average Bonchev–Trinajstić information content (AvgIpc) is 2.65. The van der Waals surface area contributed by atoms with E-state index in [2.05, 4.69) is 0 Å². The fraction of sp³-hybridized carbons (Fsp3) is 0.278. The van der Waals surface area contributed by atoms with Crippen LogP contribution in [0.4, 0.5) is 10.1 Å². The van der Waals surface area contributed by atoms with Crippen LogP contribution in [-0.4, -0.2) is 45.9 Å². The van der Waals surface area contributed by atoms with Gasteiger partial charge < -0.3 is 9.64 Å². The first-order chi connectivity index (χ1) is 12.7. The number of amides is 1. The average molecular weight is 415 g/mol. The monoisotopic (exact) mass is 414 g/mol. The first-order valence-electron chi connectivity index (χ1n) is 8.06. The van der Waals surface area contributed by atoms with Crippen molar-refractivity contribution >= 4 is 33.2 Å². The van der Waals surface area contributed by atoms with Crippen molar-refractivity contribution in [2.75, 3.05) is 32.1 Å². The second kappa shape index (κ2) is 8.69. The van der Waals surface area contributed by atoms with Crippen LogP contribution in [0.3, 0.4) is 0 Å². The molecule has 146 valence electrons. The van der Waals surface area contributed by atoms with Crippen LogP contribution in [0.15, 0.2) is 47.4 Å². The van der Waals surface area contributed by atoms with Crippen molar-refractivity contribution in [3.05, 3.63) is 53.3 Å². The van der Waals surface area contributed by atoms with E-state index in [4.69, 9.17) is 16.3 Å². The van der Waals surface area contributed by atoms with Gasteiger partial charge in [-0.1, -0.05) is 18.5 Å². The molecule has 0 aliphatic rings. The molecule has 27 heavy (non-hydrogen) atoms. The first kappa shape index (κ1) is 21.1. The number of nitrogens with zero attached hydrogens (tertiary/aromatic N) is 2. The van der Waals surface area contributed by atoms with E-state index in [-0.39, 0.29) is 23.0 Å². The van der Waals surface area contributed by atoms with E-state index in [9.17, 15) is 17.6 Å². The summed E-state index contributed by atoms with van der Waals surface area (Å²) in [5.41, 5.74) is 0.461. The summed E-state index contributed by atoms with van der Waals surface area (Å²) in [6.07, 6.45) is 0. The van der Waals surface area contributed by atoms with E-state index in [1.165, 1.54) is 61.5 Å². The molecule has 0 saturated carbocycles. The predicted molar refractivity (Wildman–Crippen MR) is 102 cm³/mol. The number of methoxy groups -OCH3 is 1. The van der Waals surface area contributed by atoms with Crippen molar-refractivity contribution in [3.63, 3.8) is 0 Å². The summed E-state index contributed by atoms with van der Waals surface area (Å²) in [6, 6.07) is 9.46. The van der Waals surface area contributed by atoms with E-state index in [0.717, 1.165) is 4.31 Å². The third-order valence-electron chi connectivity index (χ3n) is 4.01. The number of rotatable bonds is 7. The van der Waals surface area contributed by atoms with Crippen molar-refractivity contribution in [2.24, 2.45) is 0 Å². The maximum Gasteiger partial charge on any atom is 0.243 e. The molecule has 2 rings (SSSR count). The van der Waals surface area contributed by atoms with Crippen LogP contribution >= 0.6 is 11.6 Å². The molecule has 1 amide bonds. The van der Waals surface area contributed by atoms with Crippen LogP contribution in [0, 0.1) is 5.82 Å². The molecular weight excluding hydrogens is 395 g/mol. The molecule has 0 fully saturated rings. The first-order valence-corrected chi connectivity index (χ1v) is 9.88. The van der Waals surface area contributed by atoms with Crippen LogP contribution in [0.2, 0.25) is 5.02 Å². The van der Waals surface area contributed by atoms with E-state index >= 15 is 0 Å². The highest BCUT2D eigenvalue weighted by Crippen LogP contribution is 2.28. The zero-order valence-electron chi connectivity index (χ0n) is 15.1. The molecule has 0 saturated heterocycles. The van der Waals surface area contributed by atoms with E-state index < -0.39 is 21.7 Å². The van der Waals surface area contributed by atoms with Crippen LogP contribution in [0.1, 0.15) is 6.92 Å². The summed E-state index contributed by atoms with van der Waals surface area (Å²) in [5.74, 6) is -0.522. The Balaban J connectivity index is 2.23. The molecule has 0 bridgehead atoms. The van der Waals surface area contributed by atoms with Gasteiger partial charge in [-0.2, -0.15) is 4.31 Å². The Kier molecular flexibility index (Phi) is 6.80. The van der Waals surface area contributed by atoms with Gasteiger partial charge >= 0.3 is 0 Å². The van der Waals surface area contributed by atoms with Gasteiger partial charge in [-0.3, -0.25) is 4.79 Å². The fourth-order valence-electron chi connectivity index (χ4n) is 2.39. The standard InChI is InChI=1S/C18H20ClFN2O4S/c1-4-22(12-18(23)21(2)14-7-5-13(20)6-8-14)27(24,25)15-9-10-17(26-3)16(19)11-15/h5-11H,4,12H2,1-3H3. The largest absolute Gasteiger partial charge is 0.495 e. The zero-order valence-corrected chi connectivity index (χ0v) is 16.7. The predicted octanol–water partition coefficient (Wildman–Crippen LogP) is 3.16. The summed E-state index contributed by atoms with van der Waals surface area (Å²) in [6.45, 7) is 1.36. The van der Waals surface area contributed by atoms with Crippen molar-refractivity contribution in [3.8, 4) is 5.75 Å². The highest BCUT2D eigenvalue weighted by Gasteiger charge is 2.27. The number of likely N-dealkylation sites (N-methyl/N-ethyl adjacent to an activating group) is 2. The van der Waals surface area contributed by atoms with Gasteiger partial charge in [-0.05, 0) is 42.5 Å². The Morgan fingerprint density at radius 2 is 1.81 bits per heavy atom. The van der Waals surface area contributed by atoms with Gasteiger partial charge in [0.2, 0.25) is 15.9 Å². The van der Waals surface area contributed by atoms with Crippen molar-refractivity contribution in [1.82, 2.24) is 4.31 Å². The highest BCUT2D eigenvalue weighted by atomic mass is 35.5. The van der Waals surface area contributed by atoms with Crippen molar-refractivity contribution in [1.29, 1.82) is 0 Å². The molecule has 0 unspecified atom stereocenters. The summed E-state index contributed by atoms with van der Waals surface area (Å²) >= 11 is 6.02. The van der Waals surface area contributed by atoms with Crippen molar-refractivity contribution < 1.29 is 22.3 Å². The van der Waals surface area contributed by atoms with Crippen LogP contribution in [0.25, 0.3) is 0 Å². The molecule has 0 N–H and O–H groups in total. The molecule has 9 heteroatoms. The van der Waals surface area contributed by atoms with Crippen molar-refractivity contribution in [2.45, 2.75) is 11.8 Å². The Bertz CT molecular complexity index is 919. The van der Waals surface area contributed by atoms with Crippen LogP contribution in [-0.2, 0) is 14.8 Å². The molecule has 0 spiro atoms. The number of halogens is 2. The van der Waals surface area contributed by atoms with Crippen LogP contribution in [0.5, 0.6) is 5.75 Å². The van der Waals surface area contributed by atoms with Gasteiger partial charge in [-0.15, -0.1) is 0 Å².